The second-order valence-corrected chi connectivity index (χ2v) is 8.47. The van der Waals surface area contributed by atoms with Gasteiger partial charge in [-0.3, -0.25) is 4.79 Å². The van der Waals surface area contributed by atoms with E-state index < -0.39 is 0 Å². The summed E-state index contributed by atoms with van der Waals surface area (Å²) in [6.45, 7) is 6.70. The van der Waals surface area contributed by atoms with Gasteiger partial charge in [-0.15, -0.1) is 0 Å². The van der Waals surface area contributed by atoms with E-state index in [1.165, 1.54) is 0 Å². The summed E-state index contributed by atoms with van der Waals surface area (Å²) in [7, 11) is 0. The number of halogens is 2. The number of aromatic nitrogens is 4. The van der Waals surface area contributed by atoms with Crippen molar-refractivity contribution in [3.05, 3.63) is 40.0 Å². The van der Waals surface area contributed by atoms with Crippen molar-refractivity contribution >= 4 is 57.7 Å². The number of ether oxygens (including phenoxy) is 1. The molecule has 166 valence electrons. The predicted molar refractivity (Wildman–Crippen MR) is 125 cm³/mol. The lowest BCUT2D eigenvalue weighted by molar-refractivity contribution is 0.0952. The van der Waals surface area contributed by atoms with E-state index >= 15 is 0 Å². The molecule has 0 atom stereocenters. The molecule has 3 aromatic rings. The van der Waals surface area contributed by atoms with Gasteiger partial charge in [-0.25, -0.2) is 14.6 Å². The number of hydrogen-bond acceptors (Lipinski definition) is 7. The number of benzene rings is 1. The summed E-state index contributed by atoms with van der Waals surface area (Å²) in [6, 6.07) is 4.79. The van der Waals surface area contributed by atoms with Crippen LogP contribution in [0.25, 0.3) is 11.0 Å². The molecule has 2 heterocycles. The second kappa shape index (κ2) is 11.5. The standard InChI is InChI=1S/C20H24Cl2N6O2S/c1-3-30-10-8-23-17-15-12-25-28(18(15)27-20(26-17)31-4-2)9-7-24-19(29)14-11-13(21)5-6-16(14)22/h5-6,11-12H,3-4,7-10H2,1-2H3,(H,24,29)(H,23,26,27). The van der Waals surface area contributed by atoms with Gasteiger partial charge in [0.2, 0.25) is 0 Å². The van der Waals surface area contributed by atoms with E-state index in [-0.39, 0.29) is 5.91 Å². The number of fused-ring (bicyclic) bond motifs is 1. The zero-order valence-corrected chi connectivity index (χ0v) is 19.6. The molecule has 0 unspecified atom stereocenters. The van der Waals surface area contributed by atoms with Crippen molar-refractivity contribution in [3.63, 3.8) is 0 Å². The Morgan fingerprint density at radius 2 is 2.06 bits per heavy atom. The molecule has 0 aliphatic carbocycles. The van der Waals surface area contributed by atoms with Crippen molar-refractivity contribution in [3.8, 4) is 0 Å². The molecule has 0 aliphatic heterocycles. The van der Waals surface area contributed by atoms with Crippen LogP contribution in [0, 0.1) is 0 Å². The van der Waals surface area contributed by atoms with Gasteiger partial charge in [0.15, 0.2) is 10.8 Å². The molecule has 2 aromatic heterocycles. The molecule has 8 nitrogen and oxygen atoms in total. The molecular formula is C20H24Cl2N6O2S. The zero-order valence-electron chi connectivity index (χ0n) is 17.3. The summed E-state index contributed by atoms with van der Waals surface area (Å²) in [5.41, 5.74) is 1.05. The topological polar surface area (TPSA) is 94.0 Å². The summed E-state index contributed by atoms with van der Waals surface area (Å²) in [5.74, 6) is 1.29. The lowest BCUT2D eigenvalue weighted by Gasteiger charge is -2.10. The maximum absolute atomic E-state index is 12.4. The zero-order chi connectivity index (χ0) is 22.2. The van der Waals surface area contributed by atoms with Gasteiger partial charge < -0.3 is 15.4 Å². The first kappa shape index (κ1) is 23.6. The average Bonchev–Trinajstić information content (AvgIpc) is 3.16. The van der Waals surface area contributed by atoms with Crippen LogP contribution in [-0.4, -0.2) is 57.7 Å². The first-order valence-electron chi connectivity index (χ1n) is 9.94. The third-order valence-corrected chi connectivity index (χ3v) is 5.57. The fourth-order valence-corrected chi connectivity index (χ4v) is 3.80. The highest BCUT2D eigenvalue weighted by molar-refractivity contribution is 7.99. The molecule has 0 saturated heterocycles. The van der Waals surface area contributed by atoms with Crippen LogP contribution in [0.4, 0.5) is 5.82 Å². The number of carbonyl (C=O) groups excluding carboxylic acids is 1. The second-order valence-electron chi connectivity index (χ2n) is 6.40. The SMILES string of the molecule is CCOCCNc1nc(SCC)nc2c1cnn2CCNC(=O)c1cc(Cl)ccc1Cl. The Kier molecular flexibility index (Phi) is 8.77. The molecule has 1 aromatic carbocycles. The summed E-state index contributed by atoms with van der Waals surface area (Å²) >= 11 is 13.6. The number of anilines is 1. The molecule has 0 fully saturated rings. The molecule has 0 aliphatic rings. The Morgan fingerprint density at radius 3 is 2.84 bits per heavy atom. The Bertz CT molecular complexity index is 1050. The Hall–Kier alpha value is -2.07. The largest absolute Gasteiger partial charge is 0.380 e. The molecule has 0 radical (unpaired) electrons. The van der Waals surface area contributed by atoms with Gasteiger partial charge >= 0.3 is 0 Å². The van der Waals surface area contributed by atoms with E-state index in [0.29, 0.717) is 59.3 Å². The van der Waals surface area contributed by atoms with Gasteiger partial charge in [0.1, 0.15) is 5.82 Å². The molecule has 31 heavy (non-hydrogen) atoms. The highest BCUT2D eigenvalue weighted by Gasteiger charge is 2.14. The molecular weight excluding hydrogens is 459 g/mol. The Labute approximate surface area is 195 Å². The van der Waals surface area contributed by atoms with E-state index in [4.69, 9.17) is 27.9 Å². The quantitative estimate of drug-likeness (QED) is 0.241. The molecule has 0 bridgehead atoms. The first-order chi connectivity index (χ1) is 15.0. The van der Waals surface area contributed by atoms with Crippen LogP contribution in [-0.2, 0) is 11.3 Å². The molecule has 1 amide bonds. The van der Waals surface area contributed by atoms with Gasteiger partial charge in [-0.2, -0.15) is 5.10 Å². The normalized spacial score (nSPS) is 11.1. The fraction of sp³-hybridized carbons (Fsp3) is 0.400. The molecule has 2 N–H and O–H groups in total. The highest BCUT2D eigenvalue weighted by Crippen LogP contribution is 2.24. The van der Waals surface area contributed by atoms with Gasteiger partial charge in [-0.05, 0) is 30.9 Å². The number of nitrogens with zero attached hydrogens (tertiary/aromatic N) is 4. The smallest absolute Gasteiger partial charge is 0.252 e. The van der Waals surface area contributed by atoms with Gasteiger partial charge in [0, 0.05) is 24.7 Å². The number of hydrogen-bond donors (Lipinski definition) is 2. The van der Waals surface area contributed by atoms with E-state index in [9.17, 15) is 4.79 Å². The summed E-state index contributed by atoms with van der Waals surface area (Å²) in [4.78, 5) is 21.7. The minimum absolute atomic E-state index is 0.293. The number of thioether (sulfide) groups is 1. The minimum atomic E-state index is -0.293. The molecule has 0 saturated carbocycles. The fourth-order valence-electron chi connectivity index (χ4n) is 2.86. The van der Waals surface area contributed by atoms with E-state index in [0.717, 1.165) is 17.0 Å². The van der Waals surface area contributed by atoms with Crippen LogP contribution in [0.1, 0.15) is 24.2 Å². The van der Waals surface area contributed by atoms with E-state index in [1.807, 2.05) is 13.8 Å². The van der Waals surface area contributed by atoms with Crippen molar-refractivity contribution in [1.29, 1.82) is 0 Å². The number of nitrogens with one attached hydrogen (secondary N) is 2. The maximum atomic E-state index is 12.4. The monoisotopic (exact) mass is 482 g/mol. The van der Waals surface area contributed by atoms with Gasteiger partial charge in [-0.1, -0.05) is 41.9 Å². The molecule has 11 heteroatoms. The highest BCUT2D eigenvalue weighted by atomic mass is 35.5. The summed E-state index contributed by atoms with van der Waals surface area (Å²) < 4.78 is 7.14. The third kappa shape index (κ3) is 6.22. The van der Waals surface area contributed by atoms with Gasteiger partial charge in [0.05, 0.1) is 35.3 Å². The van der Waals surface area contributed by atoms with E-state index in [2.05, 4.69) is 25.7 Å². The van der Waals surface area contributed by atoms with Crippen LogP contribution < -0.4 is 10.6 Å². The lowest BCUT2D eigenvalue weighted by atomic mass is 10.2. The number of amides is 1. The number of rotatable bonds is 11. The van der Waals surface area contributed by atoms with Crippen molar-refractivity contribution < 1.29 is 9.53 Å². The summed E-state index contributed by atoms with van der Waals surface area (Å²) in [5, 5.41) is 12.9. The predicted octanol–water partition coefficient (Wildman–Crippen LogP) is 4.12. The van der Waals surface area contributed by atoms with Crippen LogP contribution >= 0.6 is 35.0 Å². The van der Waals surface area contributed by atoms with Crippen LogP contribution in [0.5, 0.6) is 0 Å². The third-order valence-electron chi connectivity index (χ3n) is 4.27. The van der Waals surface area contributed by atoms with E-state index in [1.54, 1.807) is 40.8 Å². The maximum Gasteiger partial charge on any atom is 0.252 e. The molecule has 0 spiro atoms. The minimum Gasteiger partial charge on any atom is -0.380 e. The van der Waals surface area contributed by atoms with Crippen molar-refractivity contribution in [2.45, 2.75) is 25.5 Å². The van der Waals surface area contributed by atoms with Crippen LogP contribution in [0.2, 0.25) is 10.0 Å². The van der Waals surface area contributed by atoms with Crippen LogP contribution in [0.15, 0.2) is 29.6 Å². The first-order valence-corrected chi connectivity index (χ1v) is 11.7. The Balaban J connectivity index is 1.72. The van der Waals surface area contributed by atoms with Crippen molar-refractivity contribution in [2.75, 3.05) is 37.4 Å². The Morgan fingerprint density at radius 1 is 1.23 bits per heavy atom. The van der Waals surface area contributed by atoms with Gasteiger partial charge in [0.25, 0.3) is 5.91 Å². The average molecular weight is 483 g/mol. The molecule has 3 rings (SSSR count). The van der Waals surface area contributed by atoms with Crippen molar-refractivity contribution in [1.82, 2.24) is 25.1 Å². The van der Waals surface area contributed by atoms with Crippen LogP contribution in [0.3, 0.4) is 0 Å². The lowest BCUT2D eigenvalue weighted by Crippen LogP contribution is -2.27. The van der Waals surface area contributed by atoms with Crippen molar-refractivity contribution in [2.24, 2.45) is 0 Å². The number of carbonyl (C=O) groups is 1. The summed E-state index contributed by atoms with van der Waals surface area (Å²) in [6.07, 6.45) is 1.73.